The van der Waals surface area contributed by atoms with Crippen LogP contribution in [0.1, 0.15) is 10.4 Å². The van der Waals surface area contributed by atoms with E-state index in [2.05, 4.69) is 4.42 Å². The van der Waals surface area contributed by atoms with E-state index < -0.39 is 5.63 Å². The lowest BCUT2D eigenvalue weighted by Gasteiger charge is -2.08. The average Bonchev–Trinajstić information content (AvgIpc) is 2.04. The number of amides is 1. The summed E-state index contributed by atoms with van der Waals surface area (Å²) in [7, 11) is 3.26. The predicted molar refractivity (Wildman–Crippen MR) is 43.0 cm³/mol. The molecule has 0 fully saturated rings. The highest BCUT2D eigenvalue weighted by Gasteiger charge is 2.07. The summed E-state index contributed by atoms with van der Waals surface area (Å²) in [5, 5.41) is 0. The average molecular weight is 167 g/mol. The molecule has 64 valence electrons. The third kappa shape index (κ3) is 1.72. The van der Waals surface area contributed by atoms with Crippen molar-refractivity contribution in [1.29, 1.82) is 0 Å². The second-order valence-corrected chi connectivity index (χ2v) is 2.54. The van der Waals surface area contributed by atoms with Gasteiger partial charge >= 0.3 is 5.63 Å². The van der Waals surface area contributed by atoms with E-state index >= 15 is 0 Å². The fraction of sp³-hybridized carbons (Fsp3) is 0.250. The molecule has 0 saturated heterocycles. The summed E-state index contributed by atoms with van der Waals surface area (Å²) in [5.74, 6) is -0.182. The molecule has 0 N–H and O–H groups in total. The van der Waals surface area contributed by atoms with Crippen LogP contribution in [-0.4, -0.2) is 24.9 Å². The van der Waals surface area contributed by atoms with Crippen molar-refractivity contribution in [3.8, 4) is 0 Å². The summed E-state index contributed by atoms with van der Waals surface area (Å²) < 4.78 is 4.53. The molecule has 0 bridgehead atoms. The van der Waals surface area contributed by atoms with Crippen LogP contribution in [0.3, 0.4) is 0 Å². The second kappa shape index (κ2) is 3.21. The summed E-state index contributed by atoms with van der Waals surface area (Å²) >= 11 is 0. The zero-order valence-corrected chi connectivity index (χ0v) is 6.90. The molecule has 0 aliphatic carbocycles. The molecule has 12 heavy (non-hydrogen) atoms. The molecule has 0 spiro atoms. The number of rotatable bonds is 1. The molecule has 0 aromatic carbocycles. The fourth-order valence-corrected chi connectivity index (χ4v) is 0.738. The first-order valence-electron chi connectivity index (χ1n) is 3.42. The second-order valence-electron chi connectivity index (χ2n) is 2.54. The number of hydrogen-bond donors (Lipinski definition) is 0. The van der Waals surface area contributed by atoms with Crippen LogP contribution in [0.15, 0.2) is 27.6 Å². The molecule has 0 atom stereocenters. The summed E-state index contributed by atoms with van der Waals surface area (Å²) in [4.78, 5) is 23.2. The van der Waals surface area contributed by atoms with Crippen LogP contribution in [-0.2, 0) is 0 Å². The molecule has 0 aliphatic rings. The molecule has 1 rings (SSSR count). The van der Waals surface area contributed by atoms with Crippen molar-refractivity contribution in [2.45, 2.75) is 0 Å². The molecule has 1 heterocycles. The first-order chi connectivity index (χ1) is 5.61. The Balaban J connectivity index is 2.98. The highest BCUT2D eigenvalue weighted by Crippen LogP contribution is 1.98. The maximum absolute atomic E-state index is 11.2. The van der Waals surface area contributed by atoms with E-state index in [0.29, 0.717) is 5.56 Å². The molecule has 1 aromatic heterocycles. The largest absolute Gasteiger partial charge is 0.430 e. The molecule has 0 saturated carbocycles. The molecule has 0 aliphatic heterocycles. The van der Waals surface area contributed by atoms with Crippen LogP contribution >= 0.6 is 0 Å². The smallest absolute Gasteiger partial charge is 0.335 e. The van der Waals surface area contributed by atoms with Gasteiger partial charge in [-0.3, -0.25) is 4.79 Å². The Hall–Kier alpha value is -1.58. The van der Waals surface area contributed by atoms with Gasteiger partial charge in [0.1, 0.15) is 6.26 Å². The molecule has 4 heteroatoms. The molecular weight excluding hydrogens is 158 g/mol. The minimum Gasteiger partial charge on any atom is -0.430 e. The highest BCUT2D eigenvalue weighted by atomic mass is 16.4. The van der Waals surface area contributed by atoms with Crippen LogP contribution in [0, 0.1) is 0 Å². The van der Waals surface area contributed by atoms with E-state index in [9.17, 15) is 9.59 Å². The molecule has 1 aromatic rings. The summed E-state index contributed by atoms with van der Waals surface area (Å²) in [5.41, 5.74) is -0.0788. The fourth-order valence-electron chi connectivity index (χ4n) is 0.738. The number of carbonyl (C=O) groups excluding carboxylic acids is 1. The van der Waals surface area contributed by atoms with E-state index in [1.165, 1.54) is 17.0 Å². The van der Waals surface area contributed by atoms with Gasteiger partial charge in [0, 0.05) is 20.2 Å². The van der Waals surface area contributed by atoms with Gasteiger partial charge in [-0.2, -0.15) is 0 Å². The molecule has 1 amide bonds. The molecular formula is C8H9NO3. The Labute approximate surface area is 69.4 Å². The summed E-state index contributed by atoms with van der Waals surface area (Å²) in [6.45, 7) is 0. The van der Waals surface area contributed by atoms with Gasteiger partial charge in [0.2, 0.25) is 0 Å². The third-order valence-corrected chi connectivity index (χ3v) is 1.35. The van der Waals surface area contributed by atoms with Gasteiger partial charge in [0.15, 0.2) is 0 Å². The minimum atomic E-state index is -0.453. The SMILES string of the molecule is CN(C)C(=O)c1ccc(=O)oc1. The maximum Gasteiger partial charge on any atom is 0.335 e. The van der Waals surface area contributed by atoms with Crippen molar-refractivity contribution in [3.05, 3.63) is 34.4 Å². The van der Waals surface area contributed by atoms with Crippen molar-refractivity contribution < 1.29 is 9.21 Å². The van der Waals surface area contributed by atoms with Crippen molar-refractivity contribution in [2.75, 3.05) is 14.1 Å². The van der Waals surface area contributed by atoms with E-state index in [4.69, 9.17) is 0 Å². The van der Waals surface area contributed by atoms with Crippen molar-refractivity contribution in [3.63, 3.8) is 0 Å². The van der Waals surface area contributed by atoms with E-state index in [1.807, 2.05) is 0 Å². The molecule has 4 nitrogen and oxygen atoms in total. The lowest BCUT2D eigenvalue weighted by Crippen LogP contribution is -2.21. The Morgan fingerprint density at radius 3 is 2.50 bits per heavy atom. The van der Waals surface area contributed by atoms with Gasteiger partial charge in [-0.1, -0.05) is 0 Å². The highest BCUT2D eigenvalue weighted by molar-refractivity contribution is 5.93. The van der Waals surface area contributed by atoms with Crippen LogP contribution in [0.5, 0.6) is 0 Å². The lowest BCUT2D eigenvalue weighted by molar-refractivity contribution is 0.0825. The van der Waals surface area contributed by atoms with Crippen LogP contribution in [0.4, 0.5) is 0 Å². The van der Waals surface area contributed by atoms with Gasteiger partial charge in [-0.05, 0) is 6.07 Å². The van der Waals surface area contributed by atoms with E-state index in [1.54, 1.807) is 14.1 Å². The van der Waals surface area contributed by atoms with Gasteiger partial charge in [-0.15, -0.1) is 0 Å². The van der Waals surface area contributed by atoms with Crippen molar-refractivity contribution in [2.24, 2.45) is 0 Å². The quantitative estimate of drug-likeness (QED) is 0.606. The van der Waals surface area contributed by atoms with Gasteiger partial charge < -0.3 is 9.32 Å². The zero-order chi connectivity index (χ0) is 9.14. The van der Waals surface area contributed by atoms with Gasteiger partial charge in [0.05, 0.1) is 5.56 Å². The van der Waals surface area contributed by atoms with Crippen LogP contribution in [0.2, 0.25) is 0 Å². The lowest BCUT2D eigenvalue weighted by atomic mass is 10.3. The Kier molecular flexibility index (Phi) is 2.28. The first-order valence-corrected chi connectivity index (χ1v) is 3.42. The summed E-state index contributed by atoms with van der Waals surface area (Å²) in [6.07, 6.45) is 1.16. The third-order valence-electron chi connectivity index (χ3n) is 1.35. The van der Waals surface area contributed by atoms with E-state index in [0.717, 1.165) is 6.26 Å². The van der Waals surface area contributed by atoms with Crippen LogP contribution in [0.25, 0.3) is 0 Å². The predicted octanol–water partition coefficient (Wildman–Crippen LogP) is 0.342. The number of nitrogens with zero attached hydrogens (tertiary/aromatic N) is 1. The molecule has 0 unspecified atom stereocenters. The monoisotopic (exact) mass is 167 g/mol. The number of hydrogen-bond acceptors (Lipinski definition) is 3. The summed E-state index contributed by atoms with van der Waals surface area (Å²) in [6, 6.07) is 2.66. The van der Waals surface area contributed by atoms with E-state index in [-0.39, 0.29) is 5.91 Å². The topological polar surface area (TPSA) is 50.5 Å². The number of carbonyl (C=O) groups is 1. The minimum absolute atomic E-state index is 0.182. The Bertz CT molecular complexity index is 320. The van der Waals surface area contributed by atoms with Crippen molar-refractivity contribution >= 4 is 5.91 Å². The molecule has 0 radical (unpaired) electrons. The first kappa shape index (κ1) is 8.52. The van der Waals surface area contributed by atoms with Crippen LogP contribution < -0.4 is 5.63 Å². The normalized spacial score (nSPS) is 9.50. The Morgan fingerprint density at radius 2 is 2.08 bits per heavy atom. The Morgan fingerprint density at radius 1 is 1.42 bits per heavy atom. The standard InChI is InChI=1S/C8H9NO3/c1-9(2)8(11)6-3-4-7(10)12-5-6/h3-5H,1-2H3. The van der Waals surface area contributed by atoms with Crippen molar-refractivity contribution in [1.82, 2.24) is 4.90 Å². The van der Waals surface area contributed by atoms with Gasteiger partial charge in [-0.25, -0.2) is 4.79 Å². The zero-order valence-electron chi connectivity index (χ0n) is 6.90. The van der Waals surface area contributed by atoms with Gasteiger partial charge in [0.25, 0.3) is 5.91 Å². The maximum atomic E-state index is 11.2.